The van der Waals surface area contributed by atoms with Crippen LogP contribution in [0.3, 0.4) is 0 Å². The van der Waals surface area contributed by atoms with Crippen LogP contribution in [-0.4, -0.2) is 22.6 Å². The minimum atomic E-state index is -0.820. The SMILES string of the molecule is C=C(C)[C@@H]1CCC(C)=C[C@H]1C1=C(O)C(=O)C(CCCCC)=C(C(=O)OC(C)c2ccccc2)C1=O. The van der Waals surface area contributed by atoms with Crippen LogP contribution in [0.1, 0.15) is 77.9 Å². The minimum Gasteiger partial charge on any atom is -0.504 e. The van der Waals surface area contributed by atoms with Gasteiger partial charge in [0.15, 0.2) is 5.76 Å². The average Bonchev–Trinajstić information content (AvgIpc) is 2.82. The fourth-order valence-electron chi connectivity index (χ4n) is 4.99. The van der Waals surface area contributed by atoms with Crippen LogP contribution in [0.4, 0.5) is 0 Å². The molecule has 5 nitrogen and oxygen atoms in total. The first-order chi connectivity index (χ1) is 16.7. The van der Waals surface area contributed by atoms with E-state index in [1.54, 1.807) is 6.92 Å². The first-order valence-corrected chi connectivity index (χ1v) is 12.5. The van der Waals surface area contributed by atoms with Gasteiger partial charge >= 0.3 is 5.97 Å². The van der Waals surface area contributed by atoms with Crippen LogP contribution < -0.4 is 0 Å². The van der Waals surface area contributed by atoms with Gasteiger partial charge in [0.05, 0.1) is 5.57 Å². The van der Waals surface area contributed by atoms with Crippen molar-refractivity contribution in [2.45, 2.75) is 72.3 Å². The number of unbranched alkanes of at least 4 members (excludes halogenated alkanes) is 2. The van der Waals surface area contributed by atoms with E-state index in [-0.39, 0.29) is 29.1 Å². The molecule has 0 saturated heterocycles. The molecule has 0 radical (unpaired) electrons. The van der Waals surface area contributed by atoms with E-state index in [2.05, 4.69) is 6.58 Å². The Morgan fingerprint density at radius 3 is 2.49 bits per heavy atom. The molecular formula is C30H36O5. The fourth-order valence-corrected chi connectivity index (χ4v) is 4.99. The zero-order valence-electron chi connectivity index (χ0n) is 21.2. The van der Waals surface area contributed by atoms with Gasteiger partial charge in [0.1, 0.15) is 11.7 Å². The van der Waals surface area contributed by atoms with E-state index in [1.807, 2.05) is 57.2 Å². The maximum absolute atomic E-state index is 13.9. The quantitative estimate of drug-likeness (QED) is 0.141. The summed E-state index contributed by atoms with van der Waals surface area (Å²) in [6.07, 6.45) is 5.58. The second-order valence-electron chi connectivity index (χ2n) is 9.72. The molecule has 2 aliphatic rings. The van der Waals surface area contributed by atoms with Crippen LogP contribution in [0.15, 0.2) is 76.6 Å². The molecular weight excluding hydrogens is 440 g/mol. The normalized spacial score (nSPS) is 21.7. The molecule has 186 valence electrons. The highest BCUT2D eigenvalue weighted by Gasteiger charge is 2.43. The minimum absolute atomic E-state index is 0.0133. The lowest BCUT2D eigenvalue weighted by atomic mass is 9.70. The number of ketones is 2. The van der Waals surface area contributed by atoms with Crippen LogP contribution in [0.5, 0.6) is 0 Å². The van der Waals surface area contributed by atoms with Gasteiger partial charge in [0.2, 0.25) is 11.6 Å². The number of ether oxygens (including phenoxy) is 1. The molecule has 0 aromatic heterocycles. The molecule has 0 bridgehead atoms. The Morgan fingerprint density at radius 1 is 1.17 bits per heavy atom. The summed E-state index contributed by atoms with van der Waals surface area (Å²) in [5.41, 5.74) is 2.54. The molecule has 1 aromatic rings. The molecule has 0 heterocycles. The van der Waals surface area contributed by atoms with E-state index in [0.717, 1.165) is 42.4 Å². The van der Waals surface area contributed by atoms with Gasteiger partial charge in [-0.25, -0.2) is 4.79 Å². The topological polar surface area (TPSA) is 80.7 Å². The van der Waals surface area contributed by atoms with Gasteiger partial charge in [-0.15, -0.1) is 0 Å². The summed E-state index contributed by atoms with van der Waals surface area (Å²) in [5.74, 6) is -3.23. The predicted molar refractivity (Wildman–Crippen MR) is 137 cm³/mol. The van der Waals surface area contributed by atoms with Gasteiger partial charge < -0.3 is 9.84 Å². The average molecular weight is 477 g/mol. The van der Waals surface area contributed by atoms with Crippen LogP contribution in [0, 0.1) is 11.8 Å². The molecule has 35 heavy (non-hydrogen) atoms. The van der Waals surface area contributed by atoms with E-state index in [9.17, 15) is 19.5 Å². The lowest BCUT2D eigenvalue weighted by Gasteiger charge is -2.33. The summed E-state index contributed by atoms with van der Waals surface area (Å²) < 4.78 is 5.69. The van der Waals surface area contributed by atoms with E-state index < -0.39 is 35.3 Å². The van der Waals surface area contributed by atoms with E-state index in [4.69, 9.17) is 4.74 Å². The number of rotatable bonds is 9. The van der Waals surface area contributed by atoms with E-state index in [0.29, 0.717) is 6.42 Å². The number of allylic oxidation sites excluding steroid dienone is 5. The molecule has 0 fully saturated rings. The second kappa shape index (κ2) is 11.5. The van der Waals surface area contributed by atoms with Crippen molar-refractivity contribution in [3.05, 3.63) is 82.2 Å². The highest BCUT2D eigenvalue weighted by Crippen LogP contribution is 2.42. The molecule has 2 aliphatic carbocycles. The number of carbonyl (C=O) groups is 3. The summed E-state index contributed by atoms with van der Waals surface area (Å²) in [6, 6.07) is 9.24. The number of benzene rings is 1. The summed E-state index contributed by atoms with van der Waals surface area (Å²) in [4.78, 5) is 40.7. The molecule has 0 aliphatic heterocycles. The zero-order chi connectivity index (χ0) is 25.7. The van der Waals surface area contributed by atoms with Gasteiger partial charge in [0, 0.05) is 11.5 Å². The fraction of sp³-hybridized carbons (Fsp3) is 0.433. The van der Waals surface area contributed by atoms with Crippen molar-refractivity contribution in [1.29, 1.82) is 0 Å². The maximum atomic E-state index is 13.9. The Hall–Kier alpha value is -3.21. The summed E-state index contributed by atoms with van der Waals surface area (Å²) in [5, 5.41) is 11.0. The van der Waals surface area contributed by atoms with E-state index in [1.165, 1.54) is 0 Å². The third-order valence-corrected chi connectivity index (χ3v) is 7.02. The third kappa shape index (κ3) is 5.72. The number of Topliss-reactive ketones (excluding diaryl/α,β-unsaturated/α-hetero) is 2. The lowest BCUT2D eigenvalue weighted by molar-refractivity contribution is -0.145. The number of aliphatic hydroxyl groups excluding tert-OH is 1. The van der Waals surface area contributed by atoms with Crippen molar-refractivity contribution in [3.8, 4) is 0 Å². The number of carbonyl (C=O) groups excluding carboxylic acids is 3. The van der Waals surface area contributed by atoms with Crippen LogP contribution >= 0.6 is 0 Å². The first-order valence-electron chi connectivity index (χ1n) is 12.5. The smallest absolute Gasteiger partial charge is 0.343 e. The number of hydrogen-bond donors (Lipinski definition) is 1. The highest BCUT2D eigenvalue weighted by molar-refractivity contribution is 6.34. The number of hydrogen-bond acceptors (Lipinski definition) is 5. The molecule has 1 N–H and O–H groups in total. The number of esters is 1. The maximum Gasteiger partial charge on any atom is 0.343 e. The van der Waals surface area contributed by atoms with Crippen molar-refractivity contribution in [2.24, 2.45) is 11.8 Å². The first kappa shape index (κ1) is 26.4. The highest BCUT2D eigenvalue weighted by atomic mass is 16.5. The molecule has 5 heteroatoms. The molecule has 0 amide bonds. The summed E-state index contributed by atoms with van der Waals surface area (Å²) >= 11 is 0. The van der Waals surface area contributed by atoms with Crippen molar-refractivity contribution >= 4 is 17.5 Å². The van der Waals surface area contributed by atoms with Crippen molar-refractivity contribution < 1.29 is 24.2 Å². The zero-order valence-corrected chi connectivity index (χ0v) is 21.2. The predicted octanol–water partition coefficient (Wildman–Crippen LogP) is 6.68. The molecule has 3 rings (SSSR count). The van der Waals surface area contributed by atoms with Crippen molar-refractivity contribution in [3.63, 3.8) is 0 Å². The Morgan fingerprint density at radius 2 is 1.86 bits per heavy atom. The number of aliphatic hydroxyl groups is 1. The second-order valence-corrected chi connectivity index (χ2v) is 9.72. The summed E-state index contributed by atoms with van der Waals surface area (Å²) in [7, 11) is 0. The lowest BCUT2D eigenvalue weighted by Crippen LogP contribution is -2.35. The monoisotopic (exact) mass is 476 g/mol. The molecule has 1 aromatic carbocycles. The summed E-state index contributed by atoms with van der Waals surface area (Å²) in [6.45, 7) is 11.7. The van der Waals surface area contributed by atoms with Crippen molar-refractivity contribution in [2.75, 3.05) is 0 Å². The third-order valence-electron chi connectivity index (χ3n) is 7.02. The Bertz CT molecular complexity index is 1100. The standard InChI is InChI=1S/C30H36O5/c1-6-7-9-14-23-26(30(34)35-20(5)21-12-10-8-11-13-21)28(32)25(29(33)27(23)31)24-17-19(4)15-16-22(24)18(2)3/h8,10-13,17,20,22,24,33H,2,6-7,9,14-16H2,1,3-5H3/t20?,22-,24+/m0/s1. The largest absolute Gasteiger partial charge is 0.504 e. The molecule has 1 unspecified atom stereocenters. The van der Waals surface area contributed by atoms with Crippen LogP contribution in [0.2, 0.25) is 0 Å². The van der Waals surface area contributed by atoms with Gasteiger partial charge in [0.25, 0.3) is 0 Å². The molecule has 3 atom stereocenters. The van der Waals surface area contributed by atoms with Gasteiger partial charge in [-0.2, -0.15) is 0 Å². The van der Waals surface area contributed by atoms with E-state index >= 15 is 0 Å². The Kier molecular flexibility index (Phi) is 8.66. The van der Waals surface area contributed by atoms with Gasteiger partial charge in [-0.3, -0.25) is 9.59 Å². The Balaban J connectivity index is 2.04. The van der Waals surface area contributed by atoms with Gasteiger partial charge in [-0.1, -0.05) is 73.9 Å². The van der Waals surface area contributed by atoms with Gasteiger partial charge in [-0.05, 0) is 57.9 Å². The van der Waals surface area contributed by atoms with Crippen LogP contribution in [0.25, 0.3) is 0 Å². The molecule has 0 saturated carbocycles. The van der Waals surface area contributed by atoms with Crippen molar-refractivity contribution in [1.82, 2.24) is 0 Å². The Labute approximate surface area is 208 Å². The van der Waals surface area contributed by atoms with Crippen LogP contribution in [-0.2, 0) is 19.1 Å². The molecule has 0 spiro atoms.